The number of nitrogens with zero attached hydrogens (tertiary/aromatic N) is 1. The van der Waals surface area contributed by atoms with Crippen LogP contribution in [0.3, 0.4) is 0 Å². The summed E-state index contributed by atoms with van der Waals surface area (Å²) in [5.74, 6) is 0. The first kappa shape index (κ1) is 12.8. The third-order valence-electron chi connectivity index (χ3n) is 2.78. The minimum absolute atomic E-state index is 0.186. The van der Waals surface area contributed by atoms with Crippen LogP contribution in [-0.4, -0.2) is 38.4 Å². The van der Waals surface area contributed by atoms with Crippen LogP contribution >= 0.6 is 11.6 Å². The first-order valence-electron chi connectivity index (χ1n) is 5.49. The van der Waals surface area contributed by atoms with Crippen LogP contribution in [0.25, 0.3) is 0 Å². The molecule has 0 radical (unpaired) electrons. The summed E-state index contributed by atoms with van der Waals surface area (Å²) >= 11 is 5.75. The number of sulfonamides is 1. The first-order chi connectivity index (χ1) is 8.00. The molecule has 1 aliphatic heterocycles. The van der Waals surface area contributed by atoms with Crippen LogP contribution in [-0.2, 0) is 10.0 Å². The Hall–Kier alpha value is -0.620. The summed E-state index contributed by atoms with van der Waals surface area (Å²) in [6, 6.07) is 6.47. The number of halogens is 1. The zero-order valence-electron chi connectivity index (χ0n) is 9.56. The Morgan fingerprint density at radius 1 is 1.35 bits per heavy atom. The molecule has 94 valence electrons. The second kappa shape index (κ2) is 4.94. The minimum atomic E-state index is -3.38. The molecule has 1 aromatic rings. The highest BCUT2D eigenvalue weighted by Gasteiger charge is 2.28. The summed E-state index contributed by atoms with van der Waals surface area (Å²) in [6.07, 6.45) is 0. The Kier molecular flexibility index (Phi) is 3.73. The minimum Gasteiger partial charge on any atom is -0.312 e. The van der Waals surface area contributed by atoms with E-state index in [9.17, 15) is 8.42 Å². The van der Waals surface area contributed by atoms with Crippen molar-refractivity contribution in [1.82, 2.24) is 9.62 Å². The zero-order chi connectivity index (χ0) is 12.5. The summed E-state index contributed by atoms with van der Waals surface area (Å²) in [7, 11) is -3.38. The quantitative estimate of drug-likeness (QED) is 0.885. The Balaban J connectivity index is 2.26. The fourth-order valence-electron chi connectivity index (χ4n) is 1.87. The predicted molar refractivity (Wildman–Crippen MR) is 67.7 cm³/mol. The van der Waals surface area contributed by atoms with Crippen LogP contribution < -0.4 is 5.32 Å². The molecule has 2 rings (SSSR count). The van der Waals surface area contributed by atoms with E-state index in [0.29, 0.717) is 29.6 Å². The van der Waals surface area contributed by atoms with Gasteiger partial charge in [-0.15, -0.1) is 0 Å². The van der Waals surface area contributed by atoms with E-state index in [2.05, 4.69) is 5.32 Å². The summed E-state index contributed by atoms with van der Waals surface area (Å²) in [6.45, 7) is 3.68. The van der Waals surface area contributed by atoms with E-state index >= 15 is 0 Å². The number of hydrogen-bond donors (Lipinski definition) is 1. The zero-order valence-corrected chi connectivity index (χ0v) is 11.1. The molecule has 4 nitrogen and oxygen atoms in total. The van der Waals surface area contributed by atoms with Gasteiger partial charge in [0.1, 0.15) is 0 Å². The van der Waals surface area contributed by atoms with Crippen molar-refractivity contribution in [3.8, 4) is 0 Å². The van der Waals surface area contributed by atoms with Crippen molar-refractivity contribution < 1.29 is 8.42 Å². The molecule has 0 spiro atoms. The average molecular weight is 275 g/mol. The average Bonchev–Trinajstić information content (AvgIpc) is 2.29. The van der Waals surface area contributed by atoms with E-state index in [0.717, 1.165) is 0 Å². The van der Waals surface area contributed by atoms with Gasteiger partial charge in [-0.2, -0.15) is 4.31 Å². The highest BCUT2D eigenvalue weighted by atomic mass is 35.5. The van der Waals surface area contributed by atoms with Crippen LogP contribution in [0, 0.1) is 0 Å². The maximum Gasteiger partial charge on any atom is 0.243 e. The summed E-state index contributed by atoms with van der Waals surface area (Å²) in [5.41, 5.74) is 0. The lowest BCUT2D eigenvalue weighted by atomic mass is 10.3. The standard InChI is InChI=1S/C11H15ClN2O2S/c1-9-8-14(7-6-13-9)17(15,16)11-4-2-10(12)3-5-11/h2-5,9,13H,6-8H2,1H3/t9-/m0/s1. The monoisotopic (exact) mass is 274 g/mol. The van der Waals surface area contributed by atoms with Gasteiger partial charge in [-0.25, -0.2) is 8.42 Å². The van der Waals surface area contributed by atoms with Crippen LogP contribution in [0.1, 0.15) is 6.92 Å². The highest BCUT2D eigenvalue weighted by Crippen LogP contribution is 2.19. The van der Waals surface area contributed by atoms with Crippen LogP contribution in [0.4, 0.5) is 0 Å². The summed E-state index contributed by atoms with van der Waals surface area (Å²) < 4.78 is 26.1. The molecule has 6 heteroatoms. The molecule has 0 unspecified atom stereocenters. The lowest BCUT2D eigenvalue weighted by molar-refractivity contribution is 0.310. The molecule has 0 bridgehead atoms. The van der Waals surface area contributed by atoms with Crippen molar-refractivity contribution >= 4 is 21.6 Å². The van der Waals surface area contributed by atoms with Gasteiger partial charge in [0.25, 0.3) is 0 Å². The van der Waals surface area contributed by atoms with Crippen molar-refractivity contribution in [1.29, 1.82) is 0 Å². The molecular formula is C11H15ClN2O2S. The van der Waals surface area contributed by atoms with Gasteiger partial charge < -0.3 is 5.32 Å². The maximum absolute atomic E-state index is 12.3. The molecular weight excluding hydrogens is 260 g/mol. The van der Waals surface area contributed by atoms with Gasteiger partial charge in [0.2, 0.25) is 10.0 Å². The maximum atomic E-state index is 12.3. The predicted octanol–water partition coefficient (Wildman–Crippen LogP) is 1.32. The number of piperazine rings is 1. The Morgan fingerprint density at radius 3 is 2.59 bits per heavy atom. The van der Waals surface area contributed by atoms with Crippen molar-refractivity contribution in [2.75, 3.05) is 19.6 Å². The van der Waals surface area contributed by atoms with E-state index in [1.165, 1.54) is 4.31 Å². The highest BCUT2D eigenvalue weighted by molar-refractivity contribution is 7.89. The topological polar surface area (TPSA) is 49.4 Å². The Labute approximate surface area is 107 Å². The van der Waals surface area contributed by atoms with Crippen molar-refractivity contribution in [2.45, 2.75) is 17.9 Å². The normalized spacial score (nSPS) is 22.6. The van der Waals surface area contributed by atoms with E-state index in [1.807, 2.05) is 6.92 Å². The number of rotatable bonds is 2. The van der Waals surface area contributed by atoms with E-state index in [-0.39, 0.29) is 6.04 Å². The number of hydrogen-bond acceptors (Lipinski definition) is 3. The molecule has 1 atom stereocenters. The molecule has 1 saturated heterocycles. The second-order valence-corrected chi connectivity index (χ2v) is 6.55. The van der Waals surface area contributed by atoms with Gasteiger partial charge in [0.05, 0.1) is 4.90 Å². The molecule has 1 aliphatic rings. The fraction of sp³-hybridized carbons (Fsp3) is 0.455. The van der Waals surface area contributed by atoms with Gasteiger partial charge in [-0.3, -0.25) is 0 Å². The van der Waals surface area contributed by atoms with Gasteiger partial charge in [0.15, 0.2) is 0 Å². The Bertz CT molecular complexity index is 487. The van der Waals surface area contributed by atoms with E-state index in [4.69, 9.17) is 11.6 Å². The molecule has 0 aliphatic carbocycles. The SMILES string of the molecule is C[C@H]1CN(S(=O)(=O)c2ccc(Cl)cc2)CCN1. The third kappa shape index (κ3) is 2.80. The van der Waals surface area contributed by atoms with Crippen LogP contribution in [0.5, 0.6) is 0 Å². The lowest BCUT2D eigenvalue weighted by Crippen LogP contribution is -2.51. The van der Waals surface area contributed by atoms with E-state index < -0.39 is 10.0 Å². The first-order valence-corrected chi connectivity index (χ1v) is 7.31. The van der Waals surface area contributed by atoms with Gasteiger partial charge in [-0.1, -0.05) is 11.6 Å². The number of benzene rings is 1. The van der Waals surface area contributed by atoms with Crippen LogP contribution in [0.15, 0.2) is 29.2 Å². The molecule has 0 saturated carbocycles. The molecule has 0 aromatic heterocycles. The summed E-state index contributed by atoms with van der Waals surface area (Å²) in [5, 5.41) is 3.76. The lowest BCUT2D eigenvalue weighted by Gasteiger charge is -2.30. The fourth-order valence-corrected chi connectivity index (χ4v) is 3.53. The van der Waals surface area contributed by atoms with Gasteiger partial charge >= 0.3 is 0 Å². The molecule has 1 heterocycles. The molecule has 0 amide bonds. The van der Waals surface area contributed by atoms with Crippen molar-refractivity contribution in [3.63, 3.8) is 0 Å². The molecule has 1 fully saturated rings. The van der Waals surface area contributed by atoms with Crippen molar-refractivity contribution in [3.05, 3.63) is 29.3 Å². The van der Waals surface area contributed by atoms with Crippen LogP contribution in [0.2, 0.25) is 5.02 Å². The van der Waals surface area contributed by atoms with Gasteiger partial charge in [0, 0.05) is 30.7 Å². The van der Waals surface area contributed by atoms with Crippen molar-refractivity contribution in [2.24, 2.45) is 0 Å². The van der Waals surface area contributed by atoms with E-state index in [1.54, 1.807) is 24.3 Å². The smallest absolute Gasteiger partial charge is 0.243 e. The Morgan fingerprint density at radius 2 is 2.00 bits per heavy atom. The molecule has 17 heavy (non-hydrogen) atoms. The molecule has 1 N–H and O–H groups in total. The second-order valence-electron chi connectivity index (χ2n) is 4.17. The largest absolute Gasteiger partial charge is 0.312 e. The number of nitrogens with one attached hydrogen (secondary N) is 1. The van der Waals surface area contributed by atoms with Gasteiger partial charge in [-0.05, 0) is 31.2 Å². The third-order valence-corrected chi connectivity index (χ3v) is 4.91. The summed E-state index contributed by atoms with van der Waals surface area (Å²) in [4.78, 5) is 0.302. The molecule has 1 aromatic carbocycles.